The molecule has 1 amide bonds. The van der Waals surface area contributed by atoms with Crippen molar-refractivity contribution in [2.75, 3.05) is 24.7 Å². The van der Waals surface area contributed by atoms with Gasteiger partial charge in [-0.1, -0.05) is 22.0 Å². The zero-order valence-electron chi connectivity index (χ0n) is 9.76. The lowest BCUT2D eigenvalue weighted by atomic mass is 10.0. The Bertz CT molecular complexity index is 567. The second kappa shape index (κ2) is 4.99. The Labute approximate surface area is 114 Å². The number of hydrogen-bond acceptors (Lipinski definition) is 3. The van der Waals surface area contributed by atoms with Gasteiger partial charge in [0.25, 0.3) is 0 Å². The number of benzene rings is 1. The molecule has 1 aromatic rings. The first-order valence-electron chi connectivity index (χ1n) is 5.38. The topological polar surface area (TPSA) is 66.5 Å². The fourth-order valence-electron chi connectivity index (χ4n) is 1.69. The summed E-state index contributed by atoms with van der Waals surface area (Å²) in [5.41, 5.74) is 0.701. The normalized spacial score (nSPS) is 17.2. The van der Waals surface area contributed by atoms with Crippen LogP contribution in [-0.4, -0.2) is 38.0 Å². The molecular weight excluding hydrogens is 320 g/mol. The van der Waals surface area contributed by atoms with Crippen molar-refractivity contribution in [1.82, 2.24) is 4.31 Å². The van der Waals surface area contributed by atoms with Crippen LogP contribution in [0.4, 0.5) is 5.69 Å². The molecule has 1 fully saturated rings. The molecule has 0 saturated carbocycles. The Hall–Kier alpha value is -0.920. The van der Waals surface area contributed by atoms with Crippen LogP contribution in [0.3, 0.4) is 0 Å². The summed E-state index contributed by atoms with van der Waals surface area (Å²) in [6, 6.07) is 7.27. The molecule has 5 nitrogen and oxygen atoms in total. The molecule has 0 radical (unpaired) electrons. The third kappa shape index (κ3) is 3.09. The van der Waals surface area contributed by atoms with Gasteiger partial charge >= 0.3 is 0 Å². The van der Waals surface area contributed by atoms with Crippen molar-refractivity contribution < 1.29 is 13.2 Å². The number of halogens is 1. The zero-order valence-corrected chi connectivity index (χ0v) is 12.2. The van der Waals surface area contributed by atoms with E-state index in [-0.39, 0.29) is 24.9 Å². The molecule has 0 aliphatic carbocycles. The van der Waals surface area contributed by atoms with Crippen molar-refractivity contribution in [3.8, 4) is 0 Å². The number of amides is 1. The van der Waals surface area contributed by atoms with E-state index in [4.69, 9.17) is 0 Å². The fourth-order valence-corrected chi connectivity index (χ4v) is 2.99. The van der Waals surface area contributed by atoms with Crippen LogP contribution in [0, 0.1) is 5.92 Å². The van der Waals surface area contributed by atoms with Gasteiger partial charge in [-0.2, -0.15) is 0 Å². The predicted molar refractivity (Wildman–Crippen MR) is 72.7 cm³/mol. The van der Waals surface area contributed by atoms with Gasteiger partial charge in [-0.15, -0.1) is 0 Å². The lowest BCUT2D eigenvalue weighted by Crippen LogP contribution is -2.53. The smallest absolute Gasteiger partial charge is 0.230 e. The maximum atomic E-state index is 11.8. The number of hydrogen-bond donors (Lipinski definition) is 1. The summed E-state index contributed by atoms with van der Waals surface area (Å²) in [7, 11) is -3.17. The molecule has 1 heterocycles. The molecule has 0 atom stereocenters. The van der Waals surface area contributed by atoms with Crippen LogP contribution in [0.2, 0.25) is 0 Å². The summed E-state index contributed by atoms with van der Waals surface area (Å²) >= 11 is 3.32. The van der Waals surface area contributed by atoms with Crippen LogP contribution in [0.1, 0.15) is 0 Å². The first-order chi connectivity index (χ1) is 8.36. The van der Waals surface area contributed by atoms with Gasteiger partial charge in [0.15, 0.2) is 0 Å². The molecule has 0 spiro atoms. The van der Waals surface area contributed by atoms with Gasteiger partial charge in [-0.3, -0.25) is 4.79 Å². The largest absolute Gasteiger partial charge is 0.326 e. The van der Waals surface area contributed by atoms with Crippen molar-refractivity contribution in [3.63, 3.8) is 0 Å². The first-order valence-corrected chi connectivity index (χ1v) is 8.02. The molecule has 2 rings (SSSR count). The van der Waals surface area contributed by atoms with E-state index in [2.05, 4.69) is 21.2 Å². The number of nitrogens with one attached hydrogen (secondary N) is 1. The number of anilines is 1. The molecule has 1 saturated heterocycles. The van der Waals surface area contributed by atoms with Gasteiger partial charge in [0.2, 0.25) is 15.9 Å². The summed E-state index contributed by atoms with van der Waals surface area (Å²) in [4.78, 5) is 11.8. The number of carbonyl (C=O) groups is 1. The van der Waals surface area contributed by atoms with Crippen LogP contribution in [0.5, 0.6) is 0 Å². The fraction of sp³-hybridized carbons (Fsp3) is 0.364. The summed E-state index contributed by atoms with van der Waals surface area (Å²) in [5, 5.41) is 2.77. The third-order valence-corrected chi connectivity index (χ3v) is 4.51. The predicted octanol–water partition coefficient (Wildman–Crippen LogP) is 1.28. The van der Waals surface area contributed by atoms with E-state index in [1.54, 1.807) is 12.1 Å². The highest BCUT2D eigenvalue weighted by Gasteiger charge is 2.37. The van der Waals surface area contributed by atoms with Gasteiger partial charge in [0.05, 0.1) is 12.2 Å². The minimum Gasteiger partial charge on any atom is -0.326 e. The number of nitrogens with zero attached hydrogens (tertiary/aromatic N) is 1. The van der Waals surface area contributed by atoms with Crippen LogP contribution >= 0.6 is 15.9 Å². The SMILES string of the molecule is CS(=O)(=O)N1CC(C(=O)Nc2cccc(Br)c2)C1. The van der Waals surface area contributed by atoms with Crippen molar-refractivity contribution in [1.29, 1.82) is 0 Å². The highest BCUT2D eigenvalue weighted by Crippen LogP contribution is 2.21. The van der Waals surface area contributed by atoms with Gasteiger partial charge in [0, 0.05) is 23.2 Å². The molecular formula is C11H13BrN2O3S. The Balaban J connectivity index is 1.92. The molecule has 7 heteroatoms. The second-order valence-corrected chi connectivity index (χ2v) is 7.17. The average Bonchev–Trinajstić information content (AvgIpc) is 2.11. The van der Waals surface area contributed by atoms with Crippen molar-refractivity contribution in [2.45, 2.75) is 0 Å². The standard InChI is InChI=1S/C11H13BrN2O3S/c1-18(16,17)14-6-8(7-14)11(15)13-10-4-2-3-9(12)5-10/h2-5,8H,6-7H2,1H3,(H,13,15). The van der Waals surface area contributed by atoms with E-state index in [0.717, 1.165) is 10.7 Å². The van der Waals surface area contributed by atoms with E-state index in [1.807, 2.05) is 12.1 Å². The number of carbonyl (C=O) groups excluding carboxylic acids is 1. The lowest BCUT2D eigenvalue weighted by Gasteiger charge is -2.35. The quantitative estimate of drug-likeness (QED) is 0.906. The monoisotopic (exact) mass is 332 g/mol. The van der Waals surface area contributed by atoms with Crippen LogP contribution in [0.25, 0.3) is 0 Å². The van der Waals surface area contributed by atoms with Crippen molar-refractivity contribution in [2.24, 2.45) is 5.92 Å². The molecule has 0 bridgehead atoms. The van der Waals surface area contributed by atoms with Crippen molar-refractivity contribution >= 4 is 37.5 Å². The summed E-state index contributed by atoms with van der Waals surface area (Å²) in [6.45, 7) is 0.525. The summed E-state index contributed by atoms with van der Waals surface area (Å²) in [5.74, 6) is -0.410. The highest BCUT2D eigenvalue weighted by molar-refractivity contribution is 9.10. The number of rotatable bonds is 3. The van der Waals surface area contributed by atoms with E-state index in [1.165, 1.54) is 4.31 Å². The molecule has 1 aliphatic rings. The lowest BCUT2D eigenvalue weighted by molar-refractivity contribution is -0.122. The van der Waals surface area contributed by atoms with E-state index < -0.39 is 10.0 Å². The Kier molecular flexibility index (Phi) is 3.74. The molecule has 1 aromatic carbocycles. The van der Waals surface area contributed by atoms with Gasteiger partial charge < -0.3 is 5.32 Å². The number of sulfonamides is 1. The molecule has 0 aromatic heterocycles. The van der Waals surface area contributed by atoms with Crippen molar-refractivity contribution in [3.05, 3.63) is 28.7 Å². The maximum absolute atomic E-state index is 11.8. The van der Waals surface area contributed by atoms with E-state index >= 15 is 0 Å². The summed E-state index contributed by atoms with van der Waals surface area (Å²) in [6.07, 6.45) is 1.15. The molecule has 0 unspecified atom stereocenters. The zero-order chi connectivity index (χ0) is 13.3. The third-order valence-electron chi connectivity index (χ3n) is 2.78. The Morgan fingerprint density at radius 3 is 2.67 bits per heavy atom. The van der Waals surface area contributed by atoms with Gasteiger partial charge in [0.1, 0.15) is 0 Å². The molecule has 98 valence electrons. The van der Waals surface area contributed by atoms with Crippen LogP contribution in [0.15, 0.2) is 28.7 Å². The molecule has 1 N–H and O–H groups in total. The second-order valence-electron chi connectivity index (χ2n) is 4.28. The minimum absolute atomic E-state index is 0.145. The average molecular weight is 333 g/mol. The van der Waals surface area contributed by atoms with Crippen LogP contribution < -0.4 is 5.32 Å². The Morgan fingerprint density at radius 2 is 2.11 bits per heavy atom. The first kappa shape index (κ1) is 13.5. The summed E-state index contributed by atoms with van der Waals surface area (Å²) < 4.78 is 24.5. The maximum Gasteiger partial charge on any atom is 0.230 e. The van der Waals surface area contributed by atoms with Gasteiger partial charge in [-0.05, 0) is 18.2 Å². The Morgan fingerprint density at radius 1 is 1.44 bits per heavy atom. The van der Waals surface area contributed by atoms with E-state index in [9.17, 15) is 13.2 Å². The minimum atomic E-state index is -3.17. The molecule has 1 aliphatic heterocycles. The van der Waals surface area contributed by atoms with Gasteiger partial charge in [-0.25, -0.2) is 12.7 Å². The highest BCUT2D eigenvalue weighted by atomic mass is 79.9. The molecule has 18 heavy (non-hydrogen) atoms. The van der Waals surface area contributed by atoms with E-state index in [0.29, 0.717) is 5.69 Å². The van der Waals surface area contributed by atoms with Crippen LogP contribution in [-0.2, 0) is 14.8 Å².